The van der Waals surface area contributed by atoms with Crippen molar-refractivity contribution in [2.24, 2.45) is 0 Å². The van der Waals surface area contributed by atoms with Gasteiger partial charge in [-0.05, 0) is 31.2 Å². The Balaban J connectivity index is 2.43. The summed E-state index contributed by atoms with van der Waals surface area (Å²) in [7, 11) is 0. The molecule has 0 aliphatic carbocycles. The molecule has 0 saturated carbocycles. The number of benzene rings is 1. The number of ether oxygens (including phenoxy) is 1. The number of anilines is 1. The van der Waals surface area contributed by atoms with Crippen LogP contribution in [0.15, 0.2) is 36.9 Å². The van der Waals surface area contributed by atoms with Crippen LogP contribution in [-0.2, 0) is 9.59 Å². The topological polar surface area (TPSA) is 67.4 Å². The first-order valence-electron chi connectivity index (χ1n) is 6.06. The molecule has 0 aliphatic heterocycles. The third kappa shape index (κ3) is 5.72. The molecule has 0 aliphatic rings. The molecule has 2 N–H and O–H groups in total. The van der Waals surface area contributed by atoms with Gasteiger partial charge in [0.2, 0.25) is 11.8 Å². The van der Waals surface area contributed by atoms with Crippen LogP contribution in [0.1, 0.15) is 13.3 Å². The third-order valence-electron chi connectivity index (χ3n) is 2.21. The molecule has 1 aromatic carbocycles. The Morgan fingerprint density at radius 1 is 1.26 bits per heavy atom. The van der Waals surface area contributed by atoms with Crippen LogP contribution < -0.4 is 15.4 Å². The highest BCUT2D eigenvalue weighted by atomic mass is 16.5. The monoisotopic (exact) mass is 262 g/mol. The molecule has 5 heteroatoms. The van der Waals surface area contributed by atoms with Crippen LogP contribution in [0.2, 0.25) is 0 Å². The van der Waals surface area contributed by atoms with E-state index in [4.69, 9.17) is 4.74 Å². The summed E-state index contributed by atoms with van der Waals surface area (Å²) >= 11 is 0. The van der Waals surface area contributed by atoms with Gasteiger partial charge in [0.25, 0.3) is 0 Å². The Kier molecular flexibility index (Phi) is 6.15. The molecule has 19 heavy (non-hydrogen) atoms. The Hall–Kier alpha value is -2.30. The standard InChI is InChI=1S/C14H18N2O3/c1-3-9-15-13(17)10-14(18)16-11-5-7-12(8-6-11)19-4-2/h3,5-8H,1,4,9-10H2,2H3,(H,15,17)(H,16,18). The van der Waals surface area contributed by atoms with E-state index in [-0.39, 0.29) is 18.2 Å². The largest absolute Gasteiger partial charge is 0.494 e. The van der Waals surface area contributed by atoms with E-state index in [1.807, 2.05) is 6.92 Å². The molecule has 5 nitrogen and oxygen atoms in total. The van der Waals surface area contributed by atoms with Gasteiger partial charge in [0.1, 0.15) is 12.2 Å². The van der Waals surface area contributed by atoms with Gasteiger partial charge in [0.05, 0.1) is 6.61 Å². The molecule has 0 atom stereocenters. The van der Waals surface area contributed by atoms with Crippen LogP contribution in [0, 0.1) is 0 Å². The van der Waals surface area contributed by atoms with E-state index in [0.717, 1.165) is 5.75 Å². The van der Waals surface area contributed by atoms with Crippen molar-refractivity contribution < 1.29 is 14.3 Å². The van der Waals surface area contributed by atoms with Gasteiger partial charge >= 0.3 is 0 Å². The fourth-order valence-electron chi connectivity index (χ4n) is 1.40. The Morgan fingerprint density at radius 3 is 2.53 bits per heavy atom. The fourth-order valence-corrected chi connectivity index (χ4v) is 1.40. The second-order valence-electron chi connectivity index (χ2n) is 3.78. The molecule has 0 radical (unpaired) electrons. The average Bonchev–Trinajstić information content (AvgIpc) is 2.39. The number of amides is 2. The van der Waals surface area contributed by atoms with Crippen LogP contribution in [0.4, 0.5) is 5.69 Å². The first kappa shape index (κ1) is 14.8. The molecule has 0 saturated heterocycles. The number of hydrogen-bond acceptors (Lipinski definition) is 3. The molecule has 1 rings (SSSR count). The van der Waals surface area contributed by atoms with Gasteiger partial charge in [-0.2, -0.15) is 0 Å². The lowest BCUT2D eigenvalue weighted by Crippen LogP contribution is -2.28. The zero-order valence-corrected chi connectivity index (χ0v) is 10.9. The molecule has 0 unspecified atom stereocenters. The van der Waals surface area contributed by atoms with Crippen LogP contribution in [0.3, 0.4) is 0 Å². The minimum absolute atomic E-state index is 0.207. The fraction of sp³-hybridized carbons (Fsp3) is 0.286. The molecule has 0 bridgehead atoms. The van der Waals surface area contributed by atoms with Crippen molar-refractivity contribution in [2.45, 2.75) is 13.3 Å². The van der Waals surface area contributed by atoms with Gasteiger partial charge in [-0.25, -0.2) is 0 Å². The molecule has 0 heterocycles. The molecule has 0 fully saturated rings. The number of carbonyl (C=O) groups excluding carboxylic acids is 2. The number of rotatable bonds is 7. The minimum Gasteiger partial charge on any atom is -0.494 e. The first-order valence-corrected chi connectivity index (χ1v) is 6.06. The summed E-state index contributed by atoms with van der Waals surface area (Å²) in [5, 5.41) is 5.17. The van der Waals surface area contributed by atoms with Gasteiger partial charge in [0, 0.05) is 12.2 Å². The van der Waals surface area contributed by atoms with Crippen LogP contribution in [-0.4, -0.2) is 25.0 Å². The van der Waals surface area contributed by atoms with Crippen LogP contribution in [0.5, 0.6) is 5.75 Å². The van der Waals surface area contributed by atoms with Crippen molar-refractivity contribution >= 4 is 17.5 Å². The van der Waals surface area contributed by atoms with E-state index in [1.165, 1.54) is 0 Å². The summed E-state index contributed by atoms with van der Waals surface area (Å²) in [6, 6.07) is 6.98. The van der Waals surface area contributed by atoms with E-state index in [0.29, 0.717) is 18.8 Å². The van der Waals surface area contributed by atoms with Crippen molar-refractivity contribution in [2.75, 3.05) is 18.5 Å². The highest BCUT2D eigenvalue weighted by Gasteiger charge is 2.08. The maximum Gasteiger partial charge on any atom is 0.233 e. The van der Waals surface area contributed by atoms with Crippen molar-refractivity contribution in [3.05, 3.63) is 36.9 Å². The van der Waals surface area contributed by atoms with E-state index < -0.39 is 0 Å². The lowest BCUT2D eigenvalue weighted by atomic mass is 10.3. The summed E-state index contributed by atoms with van der Waals surface area (Å²) in [6.07, 6.45) is 1.35. The third-order valence-corrected chi connectivity index (χ3v) is 2.21. The summed E-state index contributed by atoms with van der Waals surface area (Å²) in [6.45, 7) is 6.32. The van der Waals surface area contributed by atoms with E-state index in [9.17, 15) is 9.59 Å². The molecular weight excluding hydrogens is 244 g/mol. The Morgan fingerprint density at radius 2 is 1.95 bits per heavy atom. The van der Waals surface area contributed by atoms with Crippen LogP contribution >= 0.6 is 0 Å². The Labute approximate surface area is 112 Å². The van der Waals surface area contributed by atoms with Gasteiger partial charge in [-0.1, -0.05) is 6.08 Å². The molecule has 102 valence electrons. The highest BCUT2D eigenvalue weighted by Crippen LogP contribution is 2.15. The van der Waals surface area contributed by atoms with E-state index >= 15 is 0 Å². The van der Waals surface area contributed by atoms with Gasteiger partial charge in [0.15, 0.2) is 0 Å². The first-order chi connectivity index (χ1) is 9.15. The number of nitrogens with one attached hydrogen (secondary N) is 2. The van der Waals surface area contributed by atoms with Crippen molar-refractivity contribution in [3.8, 4) is 5.75 Å². The molecular formula is C14H18N2O3. The summed E-state index contributed by atoms with van der Waals surface area (Å²) in [5.74, 6) is 0.0540. The minimum atomic E-state index is -0.356. The lowest BCUT2D eigenvalue weighted by molar-refractivity contribution is -0.126. The summed E-state index contributed by atoms with van der Waals surface area (Å²) in [4.78, 5) is 22.9. The SMILES string of the molecule is C=CCNC(=O)CC(=O)Nc1ccc(OCC)cc1. The molecule has 2 amide bonds. The zero-order valence-electron chi connectivity index (χ0n) is 10.9. The zero-order chi connectivity index (χ0) is 14.1. The quantitative estimate of drug-likeness (QED) is 0.580. The lowest BCUT2D eigenvalue weighted by Gasteiger charge is -2.07. The van der Waals surface area contributed by atoms with E-state index in [2.05, 4.69) is 17.2 Å². The van der Waals surface area contributed by atoms with Gasteiger partial charge < -0.3 is 15.4 Å². The predicted octanol–water partition coefficient (Wildman–Crippen LogP) is 1.72. The van der Waals surface area contributed by atoms with Gasteiger partial charge in [-0.3, -0.25) is 9.59 Å². The molecule has 1 aromatic rings. The highest BCUT2D eigenvalue weighted by molar-refractivity contribution is 6.03. The van der Waals surface area contributed by atoms with Gasteiger partial charge in [-0.15, -0.1) is 6.58 Å². The van der Waals surface area contributed by atoms with E-state index in [1.54, 1.807) is 30.3 Å². The summed E-state index contributed by atoms with van der Waals surface area (Å²) in [5.41, 5.74) is 0.630. The maximum atomic E-state index is 11.6. The van der Waals surface area contributed by atoms with Crippen molar-refractivity contribution in [3.63, 3.8) is 0 Å². The Bertz CT molecular complexity index is 441. The van der Waals surface area contributed by atoms with Crippen LogP contribution in [0.25, 0.3) is 0 Å². The van der Waals surface area contributed by atoms with Crippen molar-refractivity contribution in [1.29, 1.82) is 0 Å². The smallest absolute Gasteiger partial charge is 0.233 e. The summed E-state index contributed by atoms with van der Waals surface area (Å²) < 4.78 is 5.29. The second kappa shape index (κ2) is 7.92. The molecule has 0 aromatic heterocycles. The molecule has 0 spiro atoms. The van der Waals surface area contributed by atoms with Crippen molar-refractivity contribution in [1.82, 2.24) is 5.32 Å². The predicted molar refractivity (Wildman–Crippen MR) is 74.1 cm³/mol. The average molecular weight is 262 g/mol. The number of hydrogen-bond donors (Lipinski definition) is 2. The normalized spacial score (nSPS) is 9.53. The number of carbonyl (C=O) groups is 2. The second-order valence-corrected chi connectivity index (χ2v) is 3.78. The maximum absolute atomic E-state index is 11.6.